The molecule has 17 heteroatoms. The quantitative estimate of drug-likeness (QED) is 0.205. The van der Waals surface area contributed by atoms with E-state index in [0.717, 1.165) is 17.8 Å². The summed E-state index contributed by atoms with van der Waals surface area (Å²) in [6.07, 6.45) is -1.22. The fourth-order valence-corrected chi connectivity index (χ4v) is 9.36. The molecule has 4 aromatic rings. The van der Waals surface area contributed by atoms with Gasteiger partial charge in [0.15, 0.2) is 5.82 Å². The van der Waals surface area contributed by atoms with Crippen molar-refractivity contribution in [2.24, 2.45) is 0 Å². The number of thiophene rings is 1. The van der Waals surface area contributed by atoms with Crippen LogP contribution in [0.3, 0.4) is 0 Å². The molecule has 0 aliphatic carbocycles. The summed E-state index contributed by atoms with van der Waals surface area (Å²) in [5.74, 6) is -1.26. The van der Waals surface area contributed by atoms with Gasteiger partial charge in [0, 0.05) is 46.9 Å². The second-order valence-corrected chi connectivity index (χ2v) is 18.2. The molecule has 6 heterocycles. The SMILES string of the molecule is CN1C[C@H](F)C[C@H]1COc1nc(N2C3CC2CN(C(=O)OC(C)(C)C)C3)c2c3c(c(-c4c(F)ccc5sc(NC(=O)OC(C)(C)C)c(C#N)c45)c(F)c2n1)COC3. The number of hydrogen-bond acceptors (Lipinski definition) is 12. The summed E-state index contributed by atoms with van der Waals surface area (Å²) in [5, 5.41) is 13.7. The van der Waals surface area contributed by atoms with E-state index in [4.69, 9.17) is 23.9 Å². The lowest BCUT2D eigenvalue weighted by Crippen LogP contribution is -2.70. The van der Waals surface area contributed by atoms with Crippen LogP contribution in [0.2, 0.25) is 0 Å². The highest BCUT2D eigenvalue weighted by Crippen LogP contribution is 2.50. The fourth-order valence-electron chi connectivity index (χ4n) is 8.31. The first-order valence-electron chi connectivity index (χ1n) is 18.9. The molecule has 2 aromatic carbocycles. The van der Waals surface area contributed by atoms with Gasteiger partial charge >= 0.3 is 18.2 Å². The molecule has 2 bridgehead atoms. The number of rotatable bonds is 6. The molecular weight excluding hydrogens is 764 g/mol. The fraction of sp³-hybridized carbons (Fsp3) is 0.525. The Morgan fingerprint density at radius 3 is 2.33 bits per heavy atom. The zero-order chi connectivity index (χ0) is 40.7. The summed E-state index contributed by atoms with van der Waals surface area (Å²) in [4.78, 5) is 40.9. The van der Waals surface area contributed by atoms with E-state index in [1.165, 1.54) is 12.1 Å². The zero-order valence-electron chi connectivity index (χ0n) is 32.8. The molecule has 4 atom stereocenters. The van der Waals surface area contributed by atoms with E-state index in [0.29, 0.717) is 40.1 Å². The van der Waals surface area contributed by atoms with Gasteiger partial charge < -0.3 is 28.7 Å². The monoisotopic (exact) mass is 807 g/mol. The highest BCUT2D eigenvalue weighted by Gasteiger charge is 2.49. The minimum absolute atomic E-state index is 0.0471. The number of ether oxygens (including phenoxy) is 4. The molecule has 8 rings (SSSR count). The maximum Gasteiger partial charge on any atom is 0.412 e. The Kier molecular flexibility index (Phi) is 9.68. The number of hydrogen-bond donors (Lipinski definition) is 1. The number of likely N-dealkylation sites (N-methyl/N-ethyl adjacent to an activating group) is 1. The number of piperidine rings is 1. The highest BCUT2D eigenvalue weighted by atomic mass is 32.1. The third kappa shape index (κ3) is 7.16. The van der Waals surface area contributed by atoms with Crippen LogP contribution >= 0.6 is 11.3 Å². The number of nitrogens with zero attached hydrogens (tertiary/aromatic N) is 6. The van der Waals surface area contributed by atoms with Crippen molar-refractivity contribution in [2.45, 2.75) is 103 Å². The first-order chi connectivity index (χ1) is 26.9. The summed E-state index contributed by atoms with van der Waals surface area (Å²) in [7, 11) is 1.80. The standard InChI is InChI=1S/C40H44F3N7O6S/c1-39(2,3)55-37(51)47-35-23(12-44)28-27(57-35)9-8-26(42)31(28)29-24-17-53-18-25(24)30-33(32(29)43)45-36(54-16-22-10-19(41)13-48(22)7)46-34(30)50-20-11-21(50)15-49(14-20)38(52)56-40(4,5)6/h8-9,19-22H,10-11,13-18H2,1-7H3,(H,47,51)/t19-,20?,21?,22+/m1/s1. The van der Waals surface area contributed by atoms with Gasteiger partial charge in [-0.05, 0) is 84.7 Å². The van der Waals surface area contributed by atoms with Gasteiger partial charge in [0.2, 0.25) is 0 Å². The van der Waals surface area contributed by atoms with Gasteiger partial charge in [0.25, 0.3) is 0 Å². The molecule has 4 aliphatic rings. The lowest BCUT2D eigenvalue weighted by Gasteiger charge is -2.56. The predicted octanol–water partition coefficient (Wildman–Crippen LogP) is 7.66. The highest BCUT2D eigenvalue weighted by molar-refractivity contribution is 7.23. The molecule has 0 radical (unpaired) electrons. The van der Waals surface area contributed by atoms with Crippen LogP contribution in [0.25, 0.3) is 32.1 Å². The summed E-state index contributed by atoms with van der Waals surface area (Å²) in [5.41, 5.74) is -1.03. The van der Waals surface area contributed by atoms with Gasteiger partial charge in [-0.2, -0.15) is 15.2 Å². The second kappa shape index (κ2) is 14.2. The van der Waals surface area contributed by atoms with E-state index < -0.39 is 41.2 Å². The largest absolute Gasteiger partial charge is 0.462 e. The van der Waals surface area contributed by atoms with Crippen molar-refractivity contribution in [1.82, 2.24) is 19.8 Å². The van der Waals surface area contributed by atoms with Crippen LogP contribution in [0.5, 0.6) is 6.01 Å². The molecule has 3 fully saturated rings. The van der Waals surface area contributed by atoms with Crippen LogP contribution < -0.4 is 15.0 Å². The minimum Gasteiger partial charge on any atom is -0.462 e. The van der Waals surface area contributed by atoms with Gasteiger partial charge in [-0.3, -0.25) is 10.2 Å². The Labute approximate surface area is 331 Å². The molecule has 0 spiro atoms. The van der Waals surface area contributed by atoms with Crippen LogP contribution in [-0.2, 0) is 27.4 Å². The number of nitrogens with one attached hydrogen (secondary N) is 1. The molecular formula is C40H44F3N7O6S. The van der Waals surface area contributed by atoms with Crippen molar-refractivity contribution >= 4 is 55.3 Å². The molecule has 0 saturated carbocycles. The van der Waals surface area contributed by atoms with Crippen molar-refractivity contribution in [2.75, 3.05) is 43.5 Å². The summed E-state index contributed by atoms with van der Waals surface area (Å²) in [6, 6.07) is 4.02. The van der Waals surface area contributed by atoms with Crippen LogP contribution in [0.15, 0.2) is 12.1 Å². The Morgan fingerprint density at radius 2 is 1.68 bits per heavy atom. The van der Waals surface area contributed by atoms with Crippen LogP contribution in [0.4, 0.5) is 33.6 Å². The molecule has 2 amide bonds. The summed E-state index contributed by atoms with van der Waals surface area (Å²) >= 11 is 1.04. The number of carbonyl (C=O) groups is 2. The first kappa shape index (κ1) is 38.9. The predicted molar refractivity (Wildman–Crippen MR) is 207 cm³/mol. The van der Waals surface area contributed by atoms with E-state index in [9.17, 15) is 19.2 Å². The first-order valence-corrected chi connectivity index (χ1v) is 19.7. The number of nitriles is 1. The van der Waals surface area contributed by atoms with Gasteiger partial charge in [0.1, 0.15) is 52.2 Å². The van der Waals surface area contributed by atoms with Crippen LogP contribution in [0, 0.1) is 23.0 Å². The molecule has 302 valence electrons. The van der Waals surface area contributed by atoms with E-state index in [-0.39, 0.29) is 89.5 Å². The van der Waals surface area contributed by atoms with Gasteiger partial charge in [-0.15, -0.1) is 11.3 Å². The third-order valence-corrected chi connectivity index (χ3v) is 11.7. The van der Waals surface area contributed by atoms with Gasteiger partial charge in [-0.1, -0.05) is 0 Å². The Hall–Kier alpha value is -4.92. The Morgan fingerprint density at radius 1 is 0.982 bits per heavy atom. The molecule has 1 N–H and O–H groups in total. The Bertz CT molecular complexity index is 2340. The number of amides is 2. The van der Waals surface area contributed by atoms with Crippen molar-refractivity contribution in [3.8, 4) is 23.2 Å². The molecule has 2 aromatic heterocycles. The lowest BCUT2D eigenvalue weighted by atomic mass is 9.86. The van der Waals surface area contributed by atoms with E-state index in [2.05, 4.69) is 21.3 Å². The molecule has 13 nitrogen and oxygen atoms in total. The Balaban J connectivity index is 1.27. The number of halogens is 3. The van der Waals surface area contributed by atoms with Gasteiger partial charge in [0.05, 0.1) is 36.2 Å². The van der Waals surface area contributed by atoms with Crippen molar-refractivity contribution in [3.05, 3.63) is 40.5 Å². The van der Waals surface area contributed by atoms with Crippen LogP contribution in [-0.4, -0.2) is 101 Å². The van der Waals surface area contributed by atoms with Crippen molar-refractivity contribution in [1.29, 1.82) is 5.26 Å². The van der Waals surface area contributed by atoms with Gasteiger partial charge in [-0.25, -0.2) is 22.8 Å². The van der Waals surface area contributed by atoms with Crippen LogP contribution in [0.1, 0.15) is 71.1 Å². The maximum absolute atomic E-state index is 17.7. The maximum atomic E-state index is 17.7. The molecule has 4 aliphatic heterocycles. The van der Waals surface area contributed by atoms with E-state index >= 15 is 8.78 Å². The second-order valence-electron chi connectivity index (χ2n) is 17.1. The number of benzene rings is 2. The smallest absolute Gasteiger partial charge is 0.412 e. The zero-order valence-corrected chi connectivity index (χ0v) is 33.6. The van der Waals surface area contributed by atoms with E-state index in [1.54, 1.807) is 32.7 Å². The minimum atomic E-state index is -1.01. The summed E-state index contributed by atoms with van der Waals surface area (Å²) in [6.45, 7) is 11.5. The number of anilines is 2. The lowest BCUT2D eigenvalue weighted by molar-refractivity contribution is 0.00842. The van der Waals surface area contributed by atoms with E-state index in [1.807, 2.05) is 25.7 Å². The number of alkyl halides is 1. The molecule has 2 unspecified atom stereocenters. The topological polar surface area (TPSA) is 142 Å². The summed E-state index contributed by atoms with van der Waals surface area (Å²) < 4.78 is 71.9. The number of fused-ring (bicyclic) bond motifs is 6. The average Bonchev–Trinajstić information content (AvgIpc) is 3.82. The number of carbonyl (C=O) groups excluding carboxylic acids is 2. The average molecular weight is 808 g/mol. The third-order valence-electron chi connectivity index (χ3n) is 10.7. The number of likely N-dealkylation sites (tertiary alicyclic amines) is 2. The normalized spacial score (nSPS) is 22.1. The molecule has 3 saturated heterocycles. The molecule has 57 heavy (non-hydrogen) atoms. The number of aromatic nitrogens is 2. The van der Waals surface area contributed by atoms with Crippen molar-refractivity contribution < 1.29 is 41.7 Å². The number of piperazine rings is 1. The van der Waals surface area contributed by atoms with Crippen molar-refractivity contribution in [3.63, 3.8) is 0 Å².